The van der Waals surface area contributed by atoms with Crippen LogP contribution < -0.4 is 5.69 Å². The lowest BCUT2D eigenvalue weighted by Gasteiger charge is -2.10. The molecule has 0 spiro atoms. The molecule has 1 N–H and O–H groups in total. The summed E-state index contributed by atoms with van der Waals surface area (Å²) < 4.78 is 3.92. The topological polar surface area (TPSA) is 81.4 Å². The summed E-state index contributed by atoms with van der Waals surface area (Å²) in [6.07, 6.45) is 3.91. The van der Waals surface area contributed by atoms with Crippen LogP contribution in [0.3, 0.4) is 0 Å². The molecule has 0 radical (unpaired) electrons. The van der Waals surface area contributed by atoms with Crippen LogP contribution in [0.15, 0.2) is 83.7 Å². The third-order valence-electron chi connectivity index (χ3n) is 6.96. The standard InChI is InChI=1S/C30H32N6O/c1-3-4-14-28-22(2)35(20-19-23-10-6-5-7-11-23)30(37)36(28)21-24-15-17-25(18-16-24)26-12-8-9-13-27(26)29-31-33-34-32-29/h5-13,15-18H,3-4,14,19-21H2,1-2H3,(H,31,32,33,34). The fraction of sp³-hybridized carbons (Fsp3) is 0.267. The Bertz CT molecular complexity index is 1500. The molecule has 2 heterocycles. The molecule has 2 aromatic heterocycles. The molecule has 0 bridgehead atoms. The van der Waals surface area contributed by atoms with Gasteiger partial charge in [0.1, 0.15) is 0 Å². The van der Waals surface area contributed by atoms with Crippen LogP contribution in [-0.2, 0) is 25.9 Å². The zero-order valence-electron chi connectivity index (χ0n) is 21.4. The van der Waals surface area contributed by atoms with Gasteiger partial charge in [0, 0.05) is 23.5 Å². The highest BCUT2D eigenvalue weighted by molar-refractivity contribution is 5.80. The molecule has 0 atom stereocenters. The Balaban J connectivity index is 1.42. The van der Waals surface area contributed by atoms with E-state index in [0.717, 1.165) is 59.3 Å². The van der Waals surface area contributed by atoms with Gasteiger partial charge in [-0.3, -0.25) is 9.13 Å². The van der Waals surface area contributed by atoms with Gasteiger partial charge < -0.3 is 0 Å². The lowest BCUT2D eigenvalue weighted by atomic mass is 9.98. The SMILES string of the molecule is CCCCc1c(C)n(CCc2ccccc2)c(=O)n1Cc1ccc(-c2ccccc2-c2nn[nH]n2)cc1. The molecule has 0 unspecified atom stereocenters. The molecule has 0 aliphatic carbocycles. The molecule has 7 heteroatoms. The summed E-state index contributed by atoms with van der Waals surface area (Å²) in [6, 6.07) is 26.8. The molecule has 0 aliphatic heterocycles. The van der Waals surface area contributed by atoms with Crippen molar-refractivity contribution >= 4 is 0 Å². The van der Waals surface area contributed by atoms with E-state index in [4.69, 9.17) is 0 Å². The molecule has 0 aliphatic rings. The van der Waals surface area contributed by atoms with E-state index in [9.17, 15) is 4.79 Å². The van der Waals surface area contributed by atoms with Crippen LogP contribution in [0, 0.1) is 6.92 Å². The Morgan fingerprint density at radius 2 is 1.54 bits per heavy atom. The van der Waals surface area contributed by atoms with Crippen LogP contribution in [0.25, 0.3) is 22.5 Å². The maximum Gasteiger partial charge on any atom is 0.328 e. The van der Waals surface area contributed by atoms with Crippen LogP contribution in [0.5, 0.6) is 0 Å². The predicted octanol–water partition coefficient (Wildman–Crippen LogP) is 5.44. The first-order valence-electron chi connectivity index (χ1n) is 12.9. The number of imidazole rings is 1. The molecular formula is C30H32N6O. The number of nitrogens with zero attached hydrogens (tertiary/aromatic N) is 5. The van der Waals surface area contributed by atoms with Crippen LogP contribution in [0.2, 0.25) is 0 Å². The summed E-state index contributed by atoms with van der Waals surface area (Å²) in [5, 5.41) is 14.5. The van der Waals surface area contributed by atoms with Gasteiger partial charge in [0.15, 0.2) is 0 Å². The Morgan fingerprint density at radius 3 is 2.24 bits per heavy atom. The number of tetrazole rings is 1. The van der Waals surface area contributed by atoms with Gasteiger partial charge in [-0.15, -0.1) is 10.2 Å². The van der Waals surface area contributed by atoms with E-state index in [0.29, 0.717) is 18.9 Å². The van der Waals surface area contributed by atoms with E-state index >= 15 is 0 Å². The van der Waals surface area contributed by atoms with Gasteiger partial charge >= 0.3 is 5.69 Å². The molecule has 188 valence electrons. The highest BCUT2D eigenvalue weighted by atomic mass is 16.1. The molecular weight excluding hydrogens is 460 g/mol. The number of unbranched alkanes of at least 4 members (excludes halogenated alkanes) is 1. The van der Waals surface area contributed by atoms with Crippen molar-refractivity contribution in [3.63, 3.8) is 0 Å². The van der Waals surface area contributed by atoms with Gasteiger partial charge in [0.2, 0.25) is 5.82 Å². The summed E-state index contributed by atoms with van der Waals surface area (Å²) in [7, 11) is 0. The highest BCUT2D eigenvalue weighted by Crippen LogP contribution is 2.30. The zero-order chi connectivity index (χ0) is 25.6. The van der Waals surface area contributed by atoms with E-state index in [1.54, 1.807) is 0 Å². The van der Waals surface area contributed by atoms with Crippen molar-refractivity contribution in [2.75, 3.05) is 0 Å². The Labute approximate surface area is 216 Å². The molecule has 0 fully saturated rings. The van der Waals surface area contributed by atoms with Gasteiger partial charge in [0.25, 0.3) is 0 Å². The summed E-state index contributed by atoms with van der Waals surface area (Å²) in [4.78, 5) is 13.6. The third-order valence-corrected chi connectivity index (χ3v) is 6.96. The molecule has 0 saturated heterocycles. The molecule has 37 heavy (non-hydrogen) atoms. The van der Waals surface area contributed by atoms with E-state index in [1.165, 1.54) is 5.56 Å². The quantitative estimate of drug-likeness (QED) is 0.282. The molecule has 0 amide bonds. The second kappa shape index (κ2) is 11.2. The molecule has 5 aromatic rings. The van der Waals surface area contributed by atoms with Crippen LogP contribution >= 0.6 is 0 Å². The predicted molar refractivity (Wildman–Crippen MR) is 146 cm³/mol. The fourth-order valence-corrected chi connectivity index (χ4v) is 4.91. The second-order valence-electron chi connectivity index (χ2n) is 9.37. The number of benzene rings is 3. The minimum atomic E-state index is 0.0751. The molecule has 7 nitrogen and oxygen atoms in total. The van der Waals surface area contributed by atoms with E-state index < -0.39 is 0 Å². The Hall–Kier alpha value is -4.26. The maximum atomic E-state index is 13.6. The first-order valence-corrected chi connectivity index (χ1v) is 12.9. The number of rotatable bonds is 10. The number of nitrogens with one attached hydrogen (secondary N) is 1. The van der Waals surface area contributed by atoms with E-state index in [2.05, 4.69) is 76.9 Å². The molecule has 5 rings (SSSR count). The van der Waals surface area contributed by atoms with Gasteiger partial charge in [-0.05, 0) is 53.7 Å². The average molecular weight is 493 g/mol. The number of H-pyrrole nitrogens is 1. The summed E-state index contributed by atoms with van der Waals surface area (Å²) in [6.45, 7) is 5.53. The Kier molecular flexibility index (Phi) is 7.40. The summed E-state index contributed by atoms with van der Waals surface area (Å²) in [5.74, 6) is 0.569. The van der Waals surface area contributed by atoms with Crippen molar-refractivity contribution in [1.29, 1.82) is 0 Å². The van der Waals surface area contributed by atoms with Gasteiger partial charge in [-0.25, -0.2) is 4.79 Å². The Morgan fingerprint density at radius 1 is 0.811 bits per heavy atom. The monoisotopic (exact) mass is 492 g/mol. The summed E-state index contributed by atoms with van der Waals surface area (Å²) in [5.41, 5.74) is 7.68. The van der Waals surface area contributed by atoms with E-state index in [1.807, 2.05) is 45.5 Å². The molecule has 0 saturated carbocycles. The second-order valence-corrected chi connectivity index (χ2v) is 9.37. The number of hydrogen-bond donors (Lipinski definition) is 1. The van der Waals surface area contributed by atoms with Gasteiger partial charge in [-0.2, -0.15) is 5.21 Å². The number of hydrogen-bond acceptors (Lipinski definition) is 4. The van der Waals surface area contributed by atoms with Crippen molar-refractivity contribution in [2.24, 2.45) is 0 Å². The first-order chi connectivity index (χ1) is 18.2. The largest absolute Gasteiger partial charge is 0.328 e. The van der Waals surface area contributed by atoms with Crippen LogP contribution in [0.4, 0.5) is 0 Å². The van der Waals surface area contributed by atoms with E-state index in [-0.39, 0.29) is 5.69 Å². The zero-order valence-corrected chi connectivity index (χ0v) is 21.4. The van der Waals surface area contributed by atoms with Crippen molar-refractivity contribution in [3.05, 3.63) is 112 Å². The van der Waals surface area contributed by atoms with Crippen LogP contribution in [0.1, 0.15) is 42.3 Å². The average Bonchev–Trinajstić information content (AvgIpc) is 3.55. The minimum absolute atomic E-state index is 0.0751. The van der Waals surface area contributed by atoms with Crippen molar-refractivity contribution in [3.8, 4) is 22.5 Å². The summed E-state index contributed by atoms with van der Waals surface area (Å²) >= 11 is 0. The number of aromatic amines is 1. The molecule has 3 aromatic carbocycles. The highest BCUT2D eigenvalue weighted by Gasteiger charge is 2.17. The van der Waals surface area contributed by atoms with Crippen molar-refractivity contribution in [1.82, 2.24) is 29.8 Å². The van der Waals surface area contributed by atoms with Gasteiger partial charge in [-0.1, -0.05) is 92.2 Å². The smallest absolute Gasteiger partial charge is 0.296 e. The van der Waals surface area contributed by atoms with Crippen molar-refractivity contribution in [2.45, 2.75) is 52.6 Å². The fourth-order valence-electron chi connectivity index (χ4n) is 4.91. The lowest BCUT2D eigenvalue weighted by Crippen LogP contribution is -2.26. The number of aromatic nitrogens is 6. The first kappa shape index (κ1) is 24.4. The normalized spacial score (nSPS) is 11.2. The van der Waals surface area contributed by atoms with Crippen molar-refractivity contribution < 1.29 is 0 Å². The van der Waals surface area contributed by atoms with Crippen LogP contribution in [-0.4, -0.2) is 29.8 Å². The van der Waals surface area contributed by atoms with Gasteiger partial charge in [0.05, 0.1) is 6.54 Å². The number of aryl methyl sites for hydroxylation is 1. The maximum absolute atomic E-state index is 13.6. The lowest BCUT2D eigenvalue weighted by molar-refractivity contribution is 0.620. The minimum Gasteiger partial charge on any atom is -0.296 e. The third kappa shape index (κ3) is 5.31.